The molecule has 0 radical (unpaired) electrons. The highest BCUT2D eigenvalue weighted by atomic mass is 16.5. The second-order valence-corrected chi connectivity index (χ2v) is 9.01. The molecule has 1 aromatic heterocycles. The van der Waals surface area contributed by atoms with Crippen molar-refractivity contribution >= 4 is 17.8 Å². The largest absolute Gasteiger partial charge is 0.465 e. The lowest BCUT2D eigenvalue weighted by Crippen LogP contribution is -2.45. The van der Waals surface area contributed by atoms with Crippen molar-refractivity contribution in [2.75, 3.05) is 26.2 Å². The van der Waals surface area contributed by atoms with Crippen molar-refractivity contribution in [2.45, 2.75) is 57.4 Å². The molecule has 2 saturated heterocycles. The number of hydrogen-bond acceptors (Lipinski definition) is 4. The molecule has 2 amide bonds. The number of amides is 2. The maximum atomic E-state index is 13.0. The molecule has 2 aliphatic heterocycles. The van der Waals surface area contributed by atoms with E-state index < -0.39 is 0 Å². The standard InChI is InChI=1S/C23H33N3O4/c1-24-12-5-8-20(24)22(28)26-14-3-2-7-19(26)11-15-30-23(29)18-6-4-13-25(16-18)21(27)17-9-10-17/h5,8,12,17-19H,2-4,6-7,9-11,13-16H2,1H3. The van der Waals surface area contributed by atoms with Gasteiger partial charge in [0.15, 0.2) is 0 Å². The summed E-state index contributed by atoms with van der Waals surface area (Å²) >= 11 is 0. The van der Waals surface area contributed by atoms with E-state index >= 15 is 0 Å². The SMILES string of the molecule is Cn1cccc1C(=O)N1CCCCC1CCOC(=O)C1CCCN(C(=O)C2CC2)C1. The van der Waals surface area contributed by atoms with Crippen LogP contribution in [0.2, 0.25) is 0 Å². The molecule has 0 aromatic carbocycles. The van der Waals surface area contributed by atoms with Crippen LogP contribution in [0.3, 0.4) is 0 Å². The average molecular weight is 416 g/mol. The Morgan fingerprint density at radius 1 is 1.03 bits per heavy atom. The van der Waals surface area contributed by atoms with Gasteiger partial charge in [-0.2, -0.15) is 0 Å². The highest BCUT2D eigenvalue weighted by Crippen LogP contribution is 2.32. The van der Waals surface area contributed by atoms with Gasteiger partial charge in [0.25, 0.3) is 5.91 Å². The maximum Gasteiger partial charge on any atom is 0.310 e. The van der Waals surface area contributed by atoms with Gasteiger partial charge in [0, 0.05) is 51.3 Å². The first-order chi connectivity index (χ1) is 14.5. The van der Waals surface area contributed by atoms with Crippen LogP contribution in [0.1, 0.15) is 61.9 Å². The molecule has 2 unspecified atom stereocenters. The third-order valence-corrected chi connectivity index (χ3v) is 6.74. The van der Waals surface area contributed by atoms with Gasteiger partial charge in [-0.25, -0.2) is 0 Å². The summed E-state index contributed by atoms with van der Waals surface area (Å²) < 4.78 is 7.46. The van der Waals surface area contributed by atoms with Crippen molar-refractivity contribution in [1.29, 1.82) is 0 Å². The summed E-state index contributed by atoms with van der Waals surface area (Å²) in [5, 5.41) is 0. The molecule has 164 valence electrons. The zero-order chi connectivity index (χ0) is 21.1. The minimum atomic E-state index is -0.214. The molecule has 7 heteroatoms. The molecule has 3 aliphatic rings. The molecular weight excluding hydrogens is 382 g/mol. The number of rotatable bonds is 6. The van der Waals surface area contributed by atoms with E-state index in [1.165, 1.54) is 0 Å². The van der Waals surface area contributed by atoms with Crippen molar-refractivity contribution < 1.29 is 19.1 Å². The van der Waals surface area contributed by atoms with Gasteiger partial charge in [0.05, 0.1) is 12.5 Å². The van der Waals surface area contributed by atoms with Crippen LogP contribution in [0.4, 0.5) is 0 Å². The van der Waals surface area contributed by atoms with Gasteiger partial charge in [-0.3, -0.25) is 14.4 Å². The number of nitrogens with zero attached hydrogens (tertiary/aromatic N) is 3. The summed E-state index contributed by atoms with van der Waals surface area (Å²) in [6.07, 6.45) is 9.23. The third kappa shape index (κ3) is 4.71. The number of aryl methyl sites for hydroxylation is 1. The lowest BCUT2D eigenvalue weighted by atomic mass is 9.97. The Hall–Kier alpha value is -2.31. The highest BCUT2D eigenvalue weighted by molar-refractivity contribution is 5.93. The third-order valence-electron chi connectivity index (χ3n) is 6.74. The predicted octanol–water partition coefficient (Wildman–Crippen LogP) is 2.60. The number of esters is 1. The van der Waals surface area contributed by atoms with Gasteiger partial charge in [-0.05, 0) is 57.1 Å². The van der Waals surface area contributed by atoms with E-state index in [1.807, 2.05) is 39.7 Å². The molecule has 1 aliphatic carbocycles. The molecule has 1 saturated carbocycles. The Kier molecular flexibility index (Phi) is 6.44. The second kappa shape index (κ2) is 9.23. The van der Waals surface area contributed by atoms with Gasteiger partial charge >= 0.3 is 5.97 Å². The Bertz CT molecular complexity index is 785. The van der Waals surface area contributed by atoms with Crippen molar-refractivity contribution in [2.24, 2.45) is 18.9 Å². The lowest BCUT2D eigenvalue weighted by Gasteiger charge is -2.36. The summed E-state index contributed by atoms with van der Waals surface area (Å²) in [6.45, 7) is 2.34. The smallest absolute Gasteiger partial charge is 0.310 e. The van der Waals surface area contributed by atoms with Crippen LogP contribution in [0.25, 0.3) is 0 Å². The topological polar surface area (TPSA) is 71.8 Å². The van der Waals surface area contributed by atoms with E-state index in [0.29, 0.717) is 25.3 Å². The molecular formula is C23H33N3O4. The van der Waals surface area contributed by atoms with Gasteiger partial charge in [0.1, 0.15) is 5.69 Å². The van der Waals surface area contributed by atoms with Gasteiger partial charge in [-0.15, -0.1) is 0 Å². The second-order valence-electron chi connectivity index (χ2n) is 9.01. The molecule has 0 spiro atoms. The normalized spacial score (nSPS) is 24.6. The molecule has 2 atom stereocenters. The summed E-state index contributed by atoms with van der Waals surface area (Å²) in [5.74, 6) is 0.0525. The van der Waals surface area contributed by atoms with Gasteiger partial charge in [-0.1, -0.05) is 0 Å². The van der Waals surface area contributed by atoms with E-state index in [4.69, 9.17) is 4.74 Å². The predicted molar refractivity (Wildman–Crippen MR) is 112 cm³/mol. The highest BCUT2D eigenvalue weighted by Gasteiger charge is 2.37. The fourth-order valence-electron chi connectivity index (χ4n) is 4.77. The Morgan fingerprint density at radius 2 is 1.87 bits per heavy atom. The number of carbonyl (C=O) groups is 3. The fraction of sp³-hybridized carbons (Fsp3) is 0.696. The van der Waals surface area contributed by atoms with Crippen molar-refractivity contribution in [1.82, 2.24) is 14.4 Å². The first kappa shape index (κ1) is 20.9. The van der Waals surface area contributed by atoms with Crippen LogP contribution < -0.4 is 0 Å². The number of carbonyl (C=O) groups excluding carboxylic acids is 3. The number of ether oxygens (including phenoxy) is 1. The van der Waals surface area contributed by atoms with Crippen LogP contribution in [0.5, 0.6) is 0 Å². The van der Waals surface area contributed by atoms with Crippen molar-refractivity contribution in [3.63, 3.8) is 0 Å². The Balaban J connectivity index is 1.27. The molecule has 0 N–H and O–H groups in total. The van der Waals surface area contributed by atoms with Crippen LogP contribution in [-0.2, 0) is 21.4 Å². The van der Waals surface area contributed by atoms with E-state index in [1.54, 1.807) is 0 Å². The minimum absolute atomic E-state index is 0.0556. The van der Waals surface area contributed by atoms with Crippen LogP contribution in [0, 0.1) is 11.8 Å². The Morgan fingerprint density at radius 3 is 2.60 bits per heavy atom. The zero-order valence-electron chi connectivity index (χ0n) is 17.9. The van der Waals surface area contributed by atoms with E-state index in [9.17, 15) is 14.4 Å². The first-order valence-electron chi connectivity index (χ1n) is 11.4. The molecule has 3 heterocycles. The van der Waals surface area contributed by atoms with E-state index in [-0.39, 0.29) is 35.7 Å². The fourth-order valence-corrected chi connectivity index (χ4v) is 4.77. The molecule has 4 rings (SSSR count). The lowest BCUT2D eigenvalue weighted by molar-refractivity contribution is -0.152. The maximum absolute atomic E-state index is 13.0. The first-order valence-corrected chi connectivity index (χ1v) is 11.4. The van der Waals surface area contributed by atoms with Crippen molar-refractivity contribution in [3.05, 3.63) is 24.0 Å². The molecule has 7 nitrogen and oxygen atoms in total. The van der Waals surface area contributed by atoms with E-state index in [2.05, 4.69) is 0 Å². The molecule has 1 aromatic rings. The summed E-state index contributed by atoms with van der Waals surface area (Å²) in [7, 11) is 1.88. The van der Waals surface area contributed by atoms with E-state index in [0.717, 1.165) is 58.0 Å². The Labute approximate surface area is 178 Å². The van der Waals surface area contributed by atoms with Crippen LogP contribution in [0.15, 0.2) is 18.3 Å². The number of hydrogen-bond donors (Lipinski definition) is 0. The van der Waals surface area contributed by atoms with Gasteiger partial charge in [0.2, 0.25) is 5.91 Å². The minimum Gasteiger partial charge on any atom is -0.465 e. The zero-order valence-corrected chi connectivity index (χ0v) is 17.9. The summed E-state index contributed by atoms with van der Waals surface area (Å²) in [6, 6.07) is 3.84. The molecule has 30 heavy (non-hydrogen) atoms. The number of aromatic nitrogens is 1. The van der Waals surface area contributed by atoms with Crippen LogP contribution in [-0.4, -0.2) is 64.4 Å². The molecule has 3 fully saturated rings. The summed E-state index contributed by atoms with van der Waals surface area (Å²) in [5.41, 5.74) is 0.696. The number of likely N-dealkylation sites (tertiary alicyclic amines) is 2. The number of piperidine rings is 2. The molecule has 0 bridgehead atoms. The van der Waals surface area contributed by atoms with Gasteiger partial charge < -0.3 is 19.1 Å². The summed E-state index contributed by atoms with van der Waals surface area (Å²) in [4.78, 5) is 41.7. The quantitative estimate of drug-likeness (QED) is 0.670. The monoisotopic (exact) mass is 415 g/mol. The average Bonchev–Trinajstić information content (AvgIpc) is 3.53. The van der Waals surface area contributed by atoms with Crippen LogP contribution >= 0.6 is 0 Å². The van der Waals surface area contributed by atoms with Crippen molar-refractivity contribution in [3.8, 4) is 0 Å².